The average molecular weight is 378 g/mol. The molecular formula is AlCaNaO12S3. The molecule has 18 heteroatoms. The summed E-state index contributed by atoms with van der Waals surface area (Å²) in [6, 6.07) is 0. The van der Waals surface area contributed by atoms with Crippen molar-refractivity contribution in [3.8, 4) is 0 Å². The van der Waals surface area contributed by atoms with E-state index >= 15 is 0 Å². The normalized spacial score (nSPS) is 9.67. The monoisotopic (exact) mass is 378 g/mol. The molecule has 0 rings (SSSR count). The molecule has 0 aliphatic rings. The van der Waals surface area contributed by atoms with Crippen molar-refractivity contribution in [1.29, 1.82) is 0 Å². The fourth-order valence-corrected chi connectivity index (χ4v) is 0. The minimum absolute atomic E-state index is 0. The Bertz CT molecular complexity index is 348. The molecule has 0 aliphatic carbocycles. The molecule has 0 spiro atoms. The van der Waals surface area contributed by atoms with Gasteiger partial charge in [-0.15, -0.1) is 0 Å². The molecule has 0 bridgehead atoms. The maximum atomic E-state index is 8.52. The molecule has 0 atom stereocenters. The van der Waals surface area contributed by atoms with Crippen LogP contribution in [0.4, 0.5) is 0 Å². The molecule has 18 heavy (non-hydrogen) atoms. The maximum absolute atomic E-state index is 8.52. The standard InChI is InChI=1S/Al.Ca.Na.3H2O4S/c;;;3*1-5(2,3)4/h;;;3*(H2,1,2,3,4)/q+3;+2;+1;;;/p-6. The molecule has 0 saturated carbocycles. The Morgan fingerprint density at radius 2 is 0.500 bits per heavy atom. The van der Waals surface area contributed by atoms with E-state index in [1.165, 1.54) is 0 Å². The Morgan fingerprint density at radius 1 is 0.500 bits per heavy atom. The van der Waals surface area contributed by atoms with E-state index in [1.807, 2.05) is 0 Å². The zero-order valence-electron chi connectivity index (χ0n) is 8.41. The van der Waals surface area contributed by atoms with E-state index in [4.69, 9.17) is 52.6 Å². The molecule has 0 aliphatic heterocycles. The van der Waals surface area contributed by atoms with Gasteiger partial charge >= 0.3 is 84.7 Å². The number of hydrogen-bond donors (Lipinski definition) is 0. The van der Waals surface area contributed by atoms with Gasteiger partial charge in [0.15, 0.2) is 0 Å². The number of rotatable bonds is 0. The second-order valence-electron chi connectivity index (χ2n) is 1.22. The van der Waals surface area contributed by atoms with Crippen LogP contribution in [0.2, 0.25) is 0 Å². The van der Waals surface area contributed by atoms with Gasteiger partial charge in [-0.2, -0.15) is 0 Å². The molecule has 0 radical (unpaired) electrons. The Hall–Kier alpha value is 2.40. The van der Waals surface area contributed by atoms with E-state index in [9.17, 15) is 0 Å². The fourth-order valence-electron chi connectivity index (χ4n) is 0. The van der Waals surface area contributed by atoms with Crippen molar-refractivity contribution in [1.82, 2.24) is 0 Å². The van der Waals surface area contributed by atoms with Crippen molar-refractivity contribution in [2.24, 2.45) is 0 Å². The van der Waals surface area contributed by atoms with Gasteiger partial charge in [-0.05, 0) is 0 Å². The van der Waals surface area contributed by atoms with E-state index in [0.29, 0.717) is 0 Å². The second kappa shape index (κ2) is 15.8. The molecule has 0 aromatic carbocycles. The predicted molar refractivity (Wildman–Crippen MR) is 42.9 cm³/mol. The maximum Gasteiger partial charge on any atom is 3.00 e. The van der Waals surface area contributed by atoms with Gasteiger partial charge in [0, 0.05) is 31.2 Å². The van der Waals surface area contributed by atoms with E-state index in [1.54, 1.807) is 0 Å². The summed E-state index contributed by atoms with van der Waals surface area (Å²) in [5, 5.41) is 0. The fraction of sp³-hybridized carbons (Fsp3) is 0. The second-order valence-corrected chi connectivity index (χ2v) is 3.67. The topological polar surface area (TPSA) is 241 Å². The first-order valence-corrected chi connectivity index (χ1v) is 6.00. The van der Waals surface area contributed by atoms with Gasteiger partial charge in [-0.25, -0.2) is 0 Å². The van der Waals surface area contributed by atoms with Crippen molar-refractivity contribution in [2.45, 2.75) is 0 Å². The van der Waals surface area contributed by atoms with Gasteiger partial charge in [-0.3, -0.25) is 25.3 Å². The Kier molecular flexibility index (Phi) is 32.5. The number of hydrogen-bond acceptors (Lipinski definition) is 12. The third kappa shape index (κ3) is 966. The van der Waals surface area contributed by atoms with Crippen molar-refractivity contribution < 1.29 is 82.1 Å². The summed E-state index contributed by atoms with van der Waals surface area (Å²) in [5.41, 5.74) is 0. The van der Waals surface area contributed by atoms with E-state index in [2.05, 4.69) is 0 Å². The van der Waals surface area contributed by atoms with Crippen LogP contribution < -0.4 is 29.6 Å². The summed E-state index contributed by atoms with van der Waals surface area (Å²) in [6.45, 7) is 0. The van der Waals surface area contributed by atoms with Crippen LogP contribution in [-0.2, 0) is 31.2 Å². The third-order valence-corrected chi connectivity index (χ3v) is 0. The first kappa shape index (κ1) is 37.0. The van der Waals surface area contributed by atoms with Crippen molar-refractivity contribution in [3.63, 3.8) is 0 Å². The zero-order chi connectivity index (χ0) is 13.5. The van der Waals surface area contributed by atoms with Crippen LogP contribution in [-0.4, -0.2) is 108 Å². The molecule has 0 aromatic heterocycles. The van der Waals surface area contributed by atoms with Crippen molar-refractivity contribution >= 4 is 86.3 Å². The average Bonchev–Trinajstić information content (AvgIpc) is 1.41. The van der Waals surface area contributed by atoms with Crippen LogP contribution in [0.1, 0.15) is 0 Å². The Labute approximate surface area is 166 Å². The Balaban J connectivity index is -0.0000000277. The van der Waals surface area contributed by atoms with Crippen LogP contribution in [0.25, 0.3) is 0 Å². The molecular weight excluding hydrogens is 378 g/mol. The van der Waals surface area contributed by atoms with Crippen molar-refractivity contribution in [2.75, 3.05) is 0 Å². The van der Waals surface area contributed by atoms with Gasteiger partial charge in [0.2, 0.25) is 0 Å². The minimum Gasteiger partial charge on any atom is -0.759 e. The van der Waals surface area contributed by atoms with Gasteiger partial charge < -0.3 is 27.3 Å². The van der Waals surface area contributed by atoms with Crippen LogP contribution >= 0.6 is 0 Å². The minimum atomic E-state index is -5.17. The largest absolute Gasteiger partial charge is 3.00 e. The van der Waals surface area contributed by atoms with Gasteiger partial charge in [-0.1, -0.05) is 0 Å². The van der Waals surface area contributed by atoms with E-state index in [0.717, 1.165) is 0 Å². The van der Waals surface area contributed by atoms with Gasteiger partial charge in [0.1, 0.15) is 0 Å². The van der Waals surface area contributed by atoms with E-state index in [-0.39, 0.29) is 84.7 Å². The van der Waals surface area contributed by atoms with Gasteiger partial charge in [0.25, 0.3) is 0 Å². The summed E-state index contributed by atoms with van der Waals surface area (Å²) in [7, 11) is -15.5. The zero-order valence-corrected chi connectivity index (χ0v) is 16.2. The third-order valence-electron chi connectivity index (χ3n) is 0. The van der Waals surface area contributed by atoms with Crippen LogP contribution in [0.5, 0.6) is 0 Å². The van der Waals surface area contributed by atoms with Crippen LogP contribution in [0.15, 0.2) is 0 Å². The van der Waals surface area contributed by atoms with Gasteiger partial charge in [0.05, 0.1) is 0 Å². The molecule has 0 fully saturated rings. The molecule has 0 N–H and O–H groups in total. The Morgan fingerprint density at radius 3 is 0.500 bits per heavy atom. The molecule has 96 valence electrons. The summed E-state index contributed by atoms with van der Waals surface area (Å²) in [5.74, 6) is 0. The van der Waals surface area contributed by atoms with Crippen LogP contribution in [0.3, 0.4) is 0 Å². The summed E-state index contributed by atoms with van der Waals surface area (Å²) in [4.78, 5) is 0. The first-order chi connectivity index (χ1) is 6.00. The molecule has 0 heterocycles. The SMILES string of the molecule is O=S(=O)([O-])[O-].O=S(=O)([O-])[O-].O=S(=O)([O-])[O-].[Al+3].[Ca+2].[Na+]. The smallest absolute Gasteiger partial charge is 0.759 e. The van der Waals surface area contributed by atoms with Crippen molar-refractivity contribution in [3.05, 3.63) is 0 Å². The quantitative estimate of drug-likeness (QED) is 0.217. The molecule has 0 unspecified atom stereocenters. The molecule has 0 amide bonds. The summed E-state index contributed by atoms with van der Waals surface area (Å²) < 4.78 is 102. The molecule has 0 aromatic rings. The summed E-state index contributed by atoms with van der Waals surface area (Å²) in [6.07, 6.45) is 0. The molecule has 12 nitrogen and oxygen atoms in total. The van der Waals surface area contributed by atoms with E-state index < -0.39 is 31.2 Å². The summed E-state index contributed by atoms with van der Waals surface area (Å²) >= 11 is 0. The molecule has 0 saturated heterocycles. The van der Waals surface area contributed by atoms with Crippen LogP contribution in [0, 0.1) is 0 Å². The first-order valence-electron chi connectivity index (χ1n) is 2.00. The predicted octanol–water partition coefficient (Wildman–Crippen LogP) is -7.77.